The fourth-order valence-corrected chi connectivity index (χ4v) is 3.23. The van der Waals surface area contributed by atoms with E-state index < -0.39 is 0 Å². The highest BCUT2D eigenvalue weighted by Gasteiger charge is 2.23. The van der Waals surface area contributed by atoms with E-state index in [0.29, 0.717) is 6.54 Å². The summed E-state index contributed by atoms with van der Waals surface area (Å²) in [5, 5.41) is 6.70. The summed E-state index contributed by atoms with van der Waals surface area (Å²) >= 11 is 1.77. The van der Waals surface area contributed by atoms with E-state index >= 15 is 0 Å². The van der Waals surface area contributed by atoms with Gasteiger partial charge >= 0.3 is 0 Å². The molecule has 2 aliphatic rings. The second-order valence-electron chi connectivity index (χ2n) is 5.39. The van der Waals surface area contributed by atoms with Crippen LogP contribution < -0.4 is 10.2 Å². The lowest BCUT2D eigenvalue weighted by atomic mass is 10.3. The molecule has 1 saturated heterocycles. The number of carbonyl (C=O) groups excluding carboxylic acids is 1. The van der Waals surface area contributed by atoms with Crippen molar-refractivity contribution in [2.45, 2.75) is 12.8 Å². The molecule has 2 fully saturated rings. The zero-order valence-corrected chi connectivity index (χ0v) is 14.4. The van der Waals surface area contributed by atoms with Crippen molar-refractivity contribution in [3.8, 4) is 0 Å². The summed E-state index contributed by atoms with van der Waals surface area (Å²) in [7, 11) is 0. The van der Waals surface area contributed by atoms with E-state index in [9.17, 15) is 4.79 Å². The average Bonchev–Trinajstić information content (AvgIpc) is 3.10. The summed E-state index contributed by atoms with van der Waals surface area (Å²) in [5.41, 5.74) is 0. The molecule has 1 amide bonds. The maximum absolute atomic E-state index is 12.0. The van der Waals surface area contributed by atoms with Gasteiger partial charge in [0.15, 0.2) is 0 Å². The Morgan fingerprint density at radius 2 is 1.95 bits per heavy atom. The topological polar surface area (TPSA) is 35.6 Å². The van der Waals surface area contributed by atoms with E-state index in [1.807, 2.05) is 4.90 Å². The Balaban J connectivity index is 0.00000110. The van der Waals surface area contributed by atoms with E-state index in [-0.39, 0.29) is 30.7 Å². The first-order valence-corrected chi connectivity index (χ1v) is 7.98. The molecule has 4 nitrogen and oxygen atoms in total. The number of nitrogens with one attached hydrogen (secondary N) is 1. The number of anilines is 1. The number of amides is 1. The Bertz CT molecular complexity index is 418. The Kier molecular flexibility index (Phi) is 7.81. The molecule has 1 aromatic heterocycles. The van der Waals surface area contributed by atoms with Crippen molar-refractivity contribution in [2.75, 3.05) is 44.2 Å². The molecule has 0 unspecified atom stereocenters. The first kappa shape index (κ1) is 18.6. The molecule has 7 heteroatoms. The van der Waals surface area contributed by atoms with Crippen LogP contribution in [0.15, 0.2) is 17.5 Å². The van der Waals surface area contributed by atoms with Gasteiger partial charge in [0, 0.05) is 26.2 Å². The Morgan fingerprint density at radius 1 is 1.24 bits per heavy atom. The van der Waals surface area contributed by atoms with Crippen LogP contribution in [0.2, 0.25) is 0 Å². The van der Waals surface area contributed by atoms with Crippen LogP contribution in [-0.2, 0) is 4.79 Å². The standard InChI is InChI=1S/C14H21N3OS.2ClH/c18-13(11-15-10-12-3-4-12)16-5-7-17(8-6-16)14-2-1-9-19-14;;/h1-2,9,12,15H,3-8,10-11H2;2*1H. The van der Waals surface area contributed by atoms with Gasteiger partial charge in [-0.05, 0) is 42.8 Å². The van der Waals surface area contributed by atoms with Gasteiger partial charge in [0.25, 0.3) is 0 Å². The molecular weight excluding hydrogens is 329 g/mol. The van der Waals surface area contributed by atoms with Crippen LogP contribution in [0.5, 0.6) is 0 Å². The van der Waals surface area contributed by atoms with Gasteiger partial charge in [0.1, 0.15) is 0 Å². The van der Waals surface area contributed by atoms with Gasteiger partial charge in [0.2, 0.25) is 5.91 Å². The van der Waals surface area contributed by atoms with Crippen LogP contribution in [0.4, 0.5) is 5.00 Å². The fourth-order valence-electron chi connectivity index (χ4n) is 2.44. The third kappa shape index (κ3) is 5.33. The summed E-state index contributed by atoms with van der Waals surface area (Å²) in [6.45, 7) is 5.13. The number of rotatable bonds is 5. The zero-order chi connectivity index (χ0) is 13.1. The Hall–Kier alpha value is -0.490. The van der Waals surface area contributed by atoms with Crippen LogP contribution in [0, 0.1) is 5.92 Å². The molecule has 2 heterocycles. The molecule has 1 saturated carbocycles. The van der Waals surface area contributed by atoms with Gasteiger partial charge in [-0.15, -0.1) is 36.2 Å². The van der Waals surface area contributed by atoms with Crippen molar-refractivity contribution in [3.05, 3.63) is 17.5 Å². The van der Waals surface area contributed by atoms with Crippen LogP contribution in [-0.4, -0.2) is 50.1 Å². The lowest BCUT2D eigenvalue weighted by molar-refractivity contribution is -0.130. The van der Waals surface area contributed by atoms with Gasteiger partial charge < -0.3 is 15.1 Å². The van der Waals surface area contributed by atoms with Crippen LogP contribution in [0.1, 0.15) is 12.8 Å². The first-order chi connectivity index (χ1) is 9.33. The third-order valence-corrected chi connectivity index (χ3v) is 4.79. The van der Waals surface area contributed by atoms with E-state index in [1.165, 1.54) is 17.8 Å². The van der Waals surface area contributed by atoms with E-state index in [4.69, 9.17) is 0 Å². The predicted molar refractivity (Wildman–Crippen MR) is 93.2 cm³/mol. The quantitative estimate of drug-likeness (QED) is 0.883. The molecule has 1 N–H and O–H groups in total. The second kappa shape index (κ2) is 8.83. The number of hydrogen-bond acceptors (Lipinski definition) is 4. The number of piperazine rings is 1. The van der Waals surface area contributed by atoms with Crippen molar-refractivity contribution in [1.29, 1.82) is 0 Å². The minimum atomic E-state index is 0. The van der Waals surface area contributed by atoms with Crippen LogP contribution in [0.25, 0.3) is 0 Å². The second-order valence-corrected chi connectivity index (χ2v) is 6.32. The first-order valence-electron chi connectivity index (χ1n) is 7.10. The van der Waals surface area contributed by atoms with E-state index in [2.05, 4.69) is 27.7 Å². The maximum Gasteiger partial charge on any atom is 0.236 e. The van der Waals surface area contributed by atoms with Gasteiger partial charge in [-0.2, -0.15) is 0 Å². The molecule has 0 radical (unpaired) electrons. The molecule has 0 atom stereocenters. The summed E-state index contributed by atoms with van der Waals surface area (Å²) < 4.78 is 0. The van der Waals surface area contributed by atoms with Crippen molar-refractivity contribution in [1.82, 2.24) is 10.2 Å². The molecule has 1 aromatic rings. The molecule has 120 valence electrons. The van der Waals surface area contributed by atoms with Crippen molar-refractivity contribution in [3.63, 3.8) is 0 Å². The highest BCUT2D eigenvalue weighted by Crippen LogP contribution is 2.27. The minimum Gasteiger partial charge on any atom is -0.360 e. The highest BCUT2D eigenvalue weighted by molar-refractivity contribution is 7.14. The summed E-state index contributed by atoms with van der Waals surface area (Å²) in [4.78, 5) is 16.4. The van der Waals surface area contributed by atoms with Gasteiger partial charge in [-0.1, -0.05) is 0 Å². The molecule has 1 aliphatic heterocycles. The Labute approximate surface area is 142 Å². The maximum atomic E-state index is 12.0. The largest absolute Gasteiger partial charge is 0.360 e. The third-order valence-electron chi connectivity index (χ3n) is 3.86. The molecule has 3 rings (SSSR count). The van der Waals surface area contributed by atoms with Gasteiger partial charge in [-0.25, -0.2) is 0 Å². The SMILES string of the molecule is Cl.Cl.O=C(CNCC1CC1)N1CCN(c2cccs2)CC1. The molecule has 21 heavy (non-hydrogen) atoms. The number of halogens is 2. The molecule has 0 bridgehead atoms. The Morgan fingerprint density at radius 3 is 2.52 bits per heavy atom. The number of nitrogens with zero attached hydrogens (tertiary/aromatic N) is 2. The molecular formula is C14H23Cl2N3OS. The number of hydrogen-bond donors (Lipinski definition) is 1. The summed E-state index contributed by atoms with van der Waals surface area (Å²) in [6, 6.07) is 4.23. The van der Waals surface area contributed by atoms with E-state index in [1.54, 1.807) is 11.3 Å². The lowest BCUT2D eigenvalue weighted by Gasteiger charge is -2.35. The normalized spacial score (nSPS) is 17.9. The predicted octanol–water partition coefficient (Wildman–Crippen LogP) is 2.24. The van der Waals surface area contributed by atoms with Crippen molar-refractivity contribution >= 4 is 47.1 Å². The highest BCUT2D eigenvalue weighted by atomic mass is 35.5. The lowest BCUT2D eigenvalue weighted by Crippen LogP contribution is -2.50. The smallest absolute Gasteiger partial charge is 0.236 e. The number of thiophene rings is 1. The summed E-state index contributed by atoms with van der Waals surface area (Å²) in [5.74, 6) is 1.09. The van der Waals surface area contributed by atoms with Crippen LogP contribution in [0.3, 0.4) is 0 Å². The average molecular weight is 352 g/mol. The van der Waals surface area contributed by atoms with Crippen molar-refractivity contribution in [2.24, 2.45) is 5.92 Å². The summed E-state index contributed by atoms with van der Waals surface area (Å²) in [6.07, 6.45) is 2.67. The van der Waals surface area contributed by atoms with Crippen molar-refractivity contribution < 1.29 is 4.79 Å². The molecule has 1 aliphatic carbocycles. The fraction of sp³-hybridized carbons (Fsp3) is 0.643. The number of carbonyl (C=O) groups is 1. The van der Waals surface area contributed by atoms with E-state index in [0.717, 1.165) is 38.6 Å². The van der Waals surface area contributed by atoms with Gasteiger partial charge in [-0.3, -0.25) is 4.79 Å². The van der Waals surface area contributed by atoms with Crippen LogP contribution >= 0.6 is 36.2 Å². The monoisotopic (exact) mass is 351 g/mol. The molecule has 0 aromatic carbocycles. The van der Waals surface area contributed by atoms with Gasteiger partial charge in [0.05, 0.1) is 11.5 Å². The minimum absolute atomic E-state index is 0. The zero-order valence-electron chi connectivity index (χ0n) is 12.0. The molecule has 0 spiro atoms.